The Hall–Kier alpha value is -2.27. The third kappa shape index (κ3) is 3.04. The molecule has 0 N–H and O–H groups in total. The zero-order chi connectivity index (χ0) is 16.4. The van der Waals surface area contributed by atoms with E-state index in [-0.39, 0.29) is 6.29 Å². The highest BCUT2D eigenvalue weighted by molar-refractivity contribution is 6.33. The minimum Gasteiger partial charge on any atom is -0.345 e. The van der Waals surface area contributed by atoms with E-state index in [1.807, 2.05) is 48.8 Å². The molecule has 1 aromatic carbocycles. The molecule has 4 nitrogen and oxygen atoms in total. The van der Waals surface area contributed by atoms with Crippen molar-refractivity contribution >= 4 is 11.6 Å². The number of benzene rings is 1. The Morgan fingerprint density at radius 3 is 2.54 bits per heavy atom. The van der Waals surface area contributed by atoms with Crippen molar-refractivity contribution in [3.63, 3.8) is 0 Å². The van der Waals surface area contributed by atoms with Crippen molar-refractivity contribution in [2.45, 2.75) is 6.29 Å². The van der Waals surface area contributed by atoms with Crippen molar-refractivity contribution in [3.8, 4) is 22.3 Å². The minimum absolute atomic E-state index is 0.385. The number of nitrogens with zero attached hydrogens (tertiary/aromatic N) is 2. The average Bonchev–Trinajstić information content (AvgIpc) is 3.17. The molecule has 5 heteroatoms. The minimum atomic E-state index is -0.385. The van der Waals surface area contributed by atoms with Crippen LogP contribution in [0.3, 0.4) is 0 Å². The highest BCUT2D eigenvalue weighted by atomic mass is 35.5. The Kier molecular flexibility index (Phi) is 4.26. The molecule has 120 valence electrons. The van der Waals surface area contributed by atoms with Gasteiger partial charge in [-0.25, -0.2) is 0 Å². The molecule has 0 aliphatic carbocycles. The smallest absolute Gasteiger partial charge is 0.201 e. The van der Waals surface area contributed by atoms with Crippen molar-refractivity contribution in [2.24, 2.45) is 0 Å². The molecule has 3 aromatic rings. The molecule has 0 saturated carbocycles. The molecule has 0 atom stereocenters. The standard InChI is InChI=1S/C19H15ClN2O2/c20-17-4-2-1-3-16(17)15-9-14(11-21-12-15)13-5-6-22-18(10-13)19-23-7-8-24-19/h1-6,9-12,19H,7-8H2. The van der Waals surface area contributed by atoms with Crippen LogP contribution in [0.1, 0.15) is 12.0 Å². The Labute approximate surface area is 145 Å². The fourth-order valence-corrected chi connectivity index (χ4v) is 2.97. The van der Waals surface area contributed by atoms with Crippen molar-refractivity contribution in [3.05, 3.63) is 71.8 Å². The summed E-state index contributed by atoms with van der Waals surface area (Å²) in [5, 5.41) is 0.708. The van der Waals surface area contributed by atoms with Gasteiger partial charge in [0.1, 0.15) is 0 Å². The van der Waals surface area contributed by atoms with Crippen LogP contribution >= 0.6 is 11.6 Å². The molecule has 0 bridgehead atoms. The lowest BCUT2D eigenvalue weighted by molar-refractivity contribution is -0.0472. The summed E-state index contributed by atoms with van der Waals surface area (Å²) in [6, 6.07) is 13.7. The highest BCUT2D eigenvalue weighted by Crippen LogP contribution is 2.31. The van der Waals surface area contributed by atoms with Crippen LogP contribution in [0.5, 0.6) is 0 Å². The molecule has 1 fully saturated rings. The molecule has 24 heavy (non-hydrogen) atoms. The molecule has 1 saturated heterocycles. The van der Waals surface area contributed by atoms with Gasteiger partial charge in [-0.15, -0.1) is 0 Å². The molecule has 0 unspecified atom stereocenters. The average molecular weight is 339 g/mol. The topological polar surface area (TPSA) is 44.2 Å². The summed E-state index contributed by atoms with van der Waals surface area (Å²) in [5.74, 6) is 0. The van der Waals surface area contributed by atoms with E-state index in [1.165, 1.54) is 0 Å². The zero-order valence-electron chi connectivity index (χ0n) is 12.9. The maximum atomic E-state index is 6.30. The summed E-state index contributed by atoms with van der Waals surface area (Å²) < 4.78 is 11.0. The first-order valence-corrected chi connectivity index (χ1v) is 8.08. The van der Waals surface area contributed by atoms with Gasteiger partial charge in [0.05, 0.1) is 18.9 Å². The fourth-order valence-electron chi connectivity index (χ4n) is 2.73. The number of pyridine rings is 2. The van der Waals surface area contributed by atoms with Crippen LogP contribution < -0.4 is 0 Å². The quantitative estimate of drug-likeness (QED) is 0.704. The van der Waals surface area contributed by atoms with Crippen LogP contribution in [0.4, 0.5) is 0 Å². The van der Waals surface area contributed by atoms with Gasteiger partial charge in [-0.2, -0.15) is 0 Å². The number of hydrogen-bond acceptors (Lipinski definition) is 4. The molecule has 0 spiro atoms. The monoisotopic (exact) mass is 338 g/mol. The van der Waals surface area contributed by atoms with Gasteiger partial charge in [0.15, 0.2) is 0 Å². The van der Waals surface area contributed by atoms with Crippen LogP contribution in [0.2, 0.25) is 5.02 Å². The summed E-state index contributed by atoms with van der Waals surface area (Å²) in [4.78, 5) is 8.71. The first kappa shape index (κ1) is 15.3. The second-order valence-electron chi connectivity index (χ2n) is 5.49. The van der Waals surface area contributed by atoms with E-state index < -0.39 is 0 Å². The van der Waals surface area contributed by atoms with Crippen molar-refractivity contribution in [1.82, 2.24) is 9.97 Å². The lowest BCUT2D eigenvalue weighted by Gasteiger charge is -2.11. The molecular weight excluding hydrogens is 324 g/mol. The molecule has 2 aromatic heterocycles. The normalized spacial score (nSPS) is 14.9. The van der Waals surface area contributed by atoms with Crippen molar-refractivity contribution in [1.29, 1.82) is 0 Å². The number of aromatic nitrogens is 2. The molecular formula is C19H15ClN2O2. The van der Waals surface area contributed by atoms with E-state index in [9.17, 15) is 0 Å². The van der Waals surface area contributed by atoms with Gasteiger partial charge < -0.3 is 9.47 Å². The summed E-state index contributed by atoms with van der Waals surface area (Å²) in [7, 11) is 0. The number of rotatable bonds is 3. The SMILES string of the molecule is Clc1ccccc1-c1cncc(-c2ccnc(C3OCCO3)c2)c1. The molecule has 1 aliphatic heterocycles. The number of halogens is 1. The van der Waals surface area contributed by atoms with Gasteiger partial charge in [-0.3, -0.25) is 9.97 Å². The van der Waals surface area contributed by atoms with Gasteiger partial charge in [0, 0.05) is 40.3 Å². The van der Waals surface area contributed by atoms with Crippen LogP contribution in [0.25, 0.3) is 22.3 Å². The predicted molar refractivity (Wildman–Crippen MR) is 92.6 cm³/mol. The Morgan fingerprint density at radius 1 is 0.917 bits per heavy atom. The second-order valence-corrected chi connectivity index (χ2v) is 5.89. The van der Waals surface area contributed by atoms with Gasteiger partial charge in [-0.05, 0) is 29.8 Å². The third-order valence-corrected chi connectivity index (χ3v) is 4.23. The maximum Gasteiger partial charge on any atom is 0.201 e. The van der Waals surface area contributed by atoms with E-state index in [0.29, 0.717) is 18.2 Å². The number of ether oxygens (including phenoxy) is 2. The van der Waals surface area contributed by atoms with Gasteiger partial charge >= 0.3 is 0 Å². The maximum absolute atomic E-state index is 6.30. The first-order chi connectivity index (χ1) is 11.8. The van der Waals surface area contributed by atoms with E-state index in [2.05, 4.69) is 16.0 Å². The lowest BCUT2D eigenvalue weighted by atomic mass is 10.0. The summed E-state index contributed by atoms with van der Waals surface area (Å²) >= 11 is 6.30. The van der Waals surface area contributed by atoms with Gasteiger partial charge in [0.25, 0.3) is 0 Å². The second kappa shape index (κ2) is 6.69. The molecule has 0 radical (unpaired) electrons. The number of hydrogen-bond donors (Lipinski definition) is 0. The fraction of sp³-hybridized carbons (Fsp3) is 0.158. The van der Waals surface area contributed by atoms with Gasteiger partial charge in [0.2, 0.25) is 6.29 Å². The van der Waals surface area contributed by atoms with E-state index in [4.69, 9.17) is 21.1 Å². The Morgan fingerprint density at radius 2 is 1.71 bits per heavy atom. The Bertz CT molecular complexity index is 863. The largest absolute Gasteiger partial charge is 0.345 e. The third-order valence-electron chi connectivity index (χ3n) is 3.90. The predicted octanol–water partition coefficient (Wildman–Crippen LogP) is 4.51. The molecule has 3 heterocycles. The van der Waals surface area contributed by atoms with Crippen molar-refractivity contribution in [2.75, 3.05) is 13.2 Å². The van der Waals surface area contributed by atoms with Gasteiger partial charge in [-0.1, -0.05) is 29.8 Å². The highest BCUT2D eigenvalue weighted by Gasteiger charge is 2.20. The molecule has 1 aliphatic rings. The van der Waals surface area contributed by atoms with Crippen LogP contribution in [0.15, 0.2) is 61.1 Å². The summed E-state index contributed by atoms with van der Waals surface area (Å²) in [5.41, 5.74) is 4.72. The van der Waals surface area contributed by atoms with Crippen LogP contribution in [-0.2, 0) is 9.47 Å². The van der Waals surface area contributed by atoms with Crippen molar-refractivity contribution < 1.29 is 9.47 Å². The van der Waals surface area contributed by atoms with E-state index in [0.717, 1.165) is 27.9 Å². The van der Waals surface area contributed by atoms with E-state index >= 15 is 0 Å². The summed E-state index contributed by atoms with van der Waals surface area (Å²) in [6.45, 7) is 1.19. The first-order valence-electron chi connectivity index (χ1n) is 7.71. The lowest BCUT2D eigenvalue weighted by Crippen LogP contribution is -2.01. The van der Waals surface area contributed by atoms with E-state index in [1.54, 1.807) is 6.20 Å². The summed E-state index contributed by atoms with van der Waals surface area (Å²) in [6.07, 6.45) is 5.02. The van der Waals surface area contributed by atoms with Crippen LogP contribution in [-0.4, -0.2) is 23.2 Å². The molecule has 4 rings (SSSR count). The zero-order valence-corrected chi connectivity index (χ0v) is 13.6. The van der Waals surface area contributed by atoms with Crippen LogP contribution in [0, 0.1) is 0 Å². The molecule has 0 amide bonds. The Balaban J connectivity index is 1.71.